The summed E-state index contributed by atoms with van der Waals surface area (Å²) >= 11 is 0. The van der Waals surface area contributed by atoms with Gasteiger partial charge in [-0.3, -0.25) is 23.7 Å². The molecule has 2 aromatic rings. The maximum Gasteiger partial charge on any atom is 0.408 e. The van der Waals surface area contributed by atoms with Gasteiger partial charge in [-0.25, -0.2) is 13.2 Å². The fourth-order valence-corrected chi connectivity index (χ4v) is 7.92. The van der Waals surface area contributed by atoms with Crippen molar-refractivity contribution in [2.45, 2.75) is 134 Å². The maximum absolute atomic E-state index is 14.0. The number of fused-ring (bicyclic) bond motifs is 1. The van der Waals surface area contributed by atoms with Crippen molar-refractivity contribution in [1.29, 1.82) is 0 Å². The van der Waals surface area contributed by atoms with Crippen molar-refractivity contribution in [1.82, 2.24) is 24.5 Å². The van der Waals surface area contributed by atoms with Gasteiger partial charge in [-0.2, -0.15) is 4.98 Å². The third-order valence-electron chi connectivity index (χ3n) is 9.98. The number of carbonyl (C=O) groups excluding carboxylic acids is 4. The van der Waals surface area contributed by atoms with Crippen molar-refractivity contribution in [2.75, 3.05) is 6.54 Å². The molecule has 5 atom stereocenters. The van der Waals surface area contributed by atoms with E-state index in [1.807, 2.05) is 54.8 Å². The molecule has 3 aliphatic rings. The van der Waals surface area contributed by atoms with E-state index in [2.05, 4.69) is 15.0 Å². The Labute approximate surface area is 306 Å². The number of primary amides is 1. The molecule has 4 N–H and O–H groups in total. The van der Waals surface area contributed by atoms with Gasteiger partial charge in [-0.1, -0.05) is 37.1 Å². The van der Waals surface area contributed by atoms with Crippen LogP contribution in [0.3, 0.4) is 0 Å². The maximum atomic E-state index is 14.0. The molecule has 2 aliphatic carbocycles. The lowest BCUT2D eigenvalue weighted by atomic mass is 10.0. The molecule has 15 heteroatoms. The highest BCUT2D eigenvalue weighted by Gasteiger charge is 2.52. The lowest BCUT2D eigenvalue weighted by Gasteiger charge is -2.28. The number of allylic oxidation sites excluding steroid dienone is 2. The number of unbranched alkanes of at least 4 members (excludes halogenated alkanes) is 3. The molecule has 0 bridgehead atoms. The number of alkyl carbamates (subject to hydrolysis) is 1. The number of sulfonamides is 1. The second kappa shape index (κ2) is 15.5. The van der Waals surface area contributed by atoms with Gasteiger partial charge < -0.3 is 25.4 Å². The van der Waals surface area contributed by atoms with Crippen molar-refractivity contribution in [3.05, 3.63) is 36.4 Å². The van der Waals surface area contributed by atoms with E-state index in [1.54, 1.807) is 27.7 Å². The molecule has 2 saturated carbocycles. The summed E-state index contributed by atoms with van der Waals surface area (Å²) in [5.41, 5.74) is 6.70. The summed E-state index contributed by atoms with van der Waals surface area (Å²) in [6.45, 7) is 11.0. The van der Waals surface area contributed by atoms with E-state index < -0.39 is 62.4 Å². The Morgan fingerprint density at radius 1 is 1.10 bits per heavy atom. The number of carbonyl (C=O) groups is 4. The lowest BCUT2D eigenvalue weighted by Crippen LogP contribution is -2.53. The van der Waals surface area contributed by atoms with Crippen LogP contribution in [0.2, 0.25) is 0 Å². The highest BCUT2D eigenvalue weighted by molar-refractivity contribution is 7.91. The molecule has 0 radical (unpaired) electrons. The van der Waals surface area contributed by atoms with E-state index in [-0.39, 0.29) is 30.8 Å². The van der Waals surface area contributed by atoms with E-state index >= 15 is 0 Å². The van der Waals surface area contributed by atoms with Crippen LogP contribution in [-0.2, 0) is 29.1 Å². The van der Waals surface area contributed by atoms with Gasteiger partial charge in [0.05, 0.1) is 22.3 Å². The molecule has 1 aromatic heterocycles. The summed E-state index contributed by atoms with van der Waals surface area (Å²) in [5.74, 6) is -1.82. The molecule has 5 rings (SSSR count). The van der Waals surface area contributed by atoms with Crippen LogP contribution in [0.15, 0.2) is 36.4 Å². The number of nitrogens with one attached hydrogen (secondary N) is 2. The largest absolute Gasteiger partial charge is 0.459 e. The van der Waals surface area contributed by atoms with Crippen LogP contribution in [0.25, 0.3) is 11.0 Å². The number of likely N-dealkylation sites (tertiary alicyclic amines) is 1. The number of benzene rings is 1. The molecule has 4 amide bonds. The minimum absolute atomic E-state index is 0.0261. The SMILES string of the molecule is CC(C)n1c(OC2C[C@@H](C(N)=O)N(C(=O)[C@H](CCCCC/C=C\[C@@H]3C[C@@H]3C(=O)NS(=O)(=O)C3(C)CC3)NC(=O)OC(C)(C)C)C2)nc2ccccc21. The van der Waals surface area contributed by atoms with Crippen LogP contribution in [0.1, 0.15) is 105 Å². The normalized spacial score (nSPS) is 23.1. The average molecular weight is 743 g/mol. The fourth-order valence-electron chi connectivity index (χ4n) is 6.62. The average Bonchev–Trinajstić information content (AvgIpc) is 3.92. The summed E-state index contributed by atoms with van der Waals surface area (Å²) < 4.78 is 39.9. The van der Waals surface area contributed by atoms with Crippen molar-refractivity contribution >= 4 is 44.9 Å². The number of ether oxygens (including phenoxy) is 2. The summed E-state index contributed by atoms with van der Waals surface area (Å²) in [6, 6.07) is 6.26. The molecular formula is C37H54N6O8S. The monoisotopic (exact) mass is 742 g/mol. The van der Waals surface area contributed by atoms with Gasteiger partial charge in [0.1, 0.15) is 23.8 Å². The van der Waals surface area contributed by atoms with Crippen LogP contribution in [0.4, 0.5) is 4.79 Å². The first-order valence-corrected chi connectivity index (χ1v) is 19.8. The molecule has 2 heterocycles. The minimum atomic E-state index is -3.64. The molecule has 0 spiro atoms. The standard InChI is InChI=1S/C37H54N6O8S/c1-23(2)43-29-17-13-12-15-27(29)39-34(43)50-25-21-30(31(38)44)42(22-25)33(46)28(40-35(47)51-36(3,4)5)16-11-9-7-8-10-14-24-20-26(24)32(45)41-52(48,49)37(6)18-19-37/h10,12-15,17,23-26,28,30H,7-9,11,16,18-22H2,1-6H3,(H2,38,44)(H,40,47)(H,41,45)/b14-10-/t24-,25?,26+,28+,30+/m1/s1. The Morgan fingerprint density at radius 2 is 1.81 bits per heavy atom. The zero-order valence-electron chi connectivity index (χ0n) is 31.1. The number of para-hydroxylation sites is 2. The second-order valence-electron chi connectivity index (χ2n) is 15.9. The van der Waals surface area contributed by atoms with Gasteiger partial charge in [0.25, 0.3) is 6.01 Å². The first-order chi connectivity index (χ1) is 24.4. The predicted molar refractivity (Wildman–Crippen MR) is 196 cm³/mol. The molecule has 1 unspecified atom stereocenters. The first-order valence-electron chi connectivity index (χ1n) is 18.3. The lowest BCUT2D eigenvalue weighted by molar-refractivity contribution is -0.139. The molecule has 52 heavy (non-hydrogen) atoms. The number of rotatable bonds is 16. The van der Waals surface area contributed by atoms with Gasteiger partial charge >= 0.3 is 6.09 Å². The van der Waals surface area contributed by atoms with E-state index in [0.717, 1.165) is 30.3 Å². The summed E-state index contributed by atoms with van der Waals surface area (Å²) in [4.78, 5) is 58.0. The van der Waals surface area contributed by atoms with Crippen LogP contribution < -0.4 is 20.5 Å². The van der Waals surface area contributed by atoms with E-state index in [4.69, 9.17) is 15.2 Å². The molecule has 14 nitrogen and oxygen atoms in total. The van der Waals surface area contributed by atoms with Gasteiger partial charge in [-0.05, 0) is 98.1 Å². The zero-order valence-corrected chi connectivity index (χ0v) is 31.9. The topological polar surface area (TPSA) is 192 Å². The Hall–Kier alpha value is -4.14. The predicted octanol–water partition coefficient (Wildman–Crippen LogP) is 4.49. The van der Waals surface area contributed by atoms with Crippen molar-refractivity contribution in [3.8, 4) is 6.01 Å². The molecule has 3 fully saturated rings. The number of hydrogen-bond donors (Lipinski definition) is 3. The number of hydrogen-bond acceptors (Lipinski definition) is 9. The molecule has 1 saturated heterocycles. The van der Waals surface area contributed by atoms with Gasteiger partial charge in [-0.15, -0.1) is 0 Å². The highest BCUT2D eigenvalue weighted by Crippen LogP contribution is 2.44. The first kappa shape index (κ1) is 39.1. The van der Waals surface area contributed by atoms with Gasteiger partial charge in [0.2, 0.25) is 27.7 Å². The molecule has 1 aromatic carbocycles. The van der Waals surface area contributed by atoms with Crippen LogP contribution in [0.5, 0.6) is 6.01 Å². The smallest absolute Gasteiger partial charge is 0.408 e. The quantitative estimate of drug-likeness (QED) is 0.164. The molecule has 286 valence electrons. The Bertz CT molecular complexity index is 1790. The minimum Gasteiger partial charge on any atom is -0.459 e. The van der Waals surface area contributed by atoms with Crippen LogP contribution in [-0.4, -0.2) is 81.8 Å². The number of amides is 4. The number of imidazole rings is 1. The van der Waals surface area contributed by atoms with Gasteiger partial charge in [0.15, 0.2) is 0 Å². The van der Waals surface area contributed by atoms with Crippen LogP contribution in [0, 0.1) is 11.8 Å². The second-order valence-corrected chi connectivity index (χ2v) is 18.1. The van der Waals surface area contributed by atoms with E-state index in [1.165, 1.54) is 4.90 Å². The Kier molecular flexibility index (Phi) is 11.6. The van der Waals surface area contributed by atoms with Crippen molar-refractivity contribution in [2.24, 2.45) is 17.6 Å². The summed E-state index contributed by atoms with van der Waals surface area (Å²) in [6.07, 6.45) is 7.88. The third kappa shape index (κ3) is 9.44. The fraction of sp³-hybridized carbons (Fsp3) is 0.649. The van der Waals surface area contributed by atoms with Crippen LogP contribution >= 0.6 is 0 Å². The number of nitrogens with two attached hydrogens (primary N) is 1. The van der Waals surface area contributed by atoms with Crippen molar-refractivity contribution in [3.63, 3.8) is 0 Å². The molecular weight excluding hydrogens is 689 g/mol. The summed E-state index contributed by atoms with van der Waals surface area (Å²) in [5, 5.41) is 2.73. The summed E-state index contributed by atoms with van der Waals surface area (Å²) in [7, 11) is -3.64. The third-order valence-corrected chi connectivity index (χ3v) is 12.2. The highest BCUT2D eigenvalue weighted by atomic mass is 32.2. The number of nitrogens with zero attached hydrogens (tertiary/aromatic N) is 3. The Balaban J connectivity index is 1.16. The zero-order chi connectivity index (χ0) is 38.0. The van der Waals surface area contributed by atoms with Crippen molar-refractivity contribution < 1.29 is 37.1 Å². The van der Waals surface area contributed by atoms with Gasteiger partial charge in [0, 0.05) is 18.4 Å². The van der Waals surface area contributed by atoms with E-state index in [0.29, 0.717) is 38.1 Å². The Morgan fingerprint density at radius 3 is 2.46 bits per heavy atom. The molecule has 1 aliphatic heterocycles. The number of aromatic nitrogens is 2. The van der Waals surface area contributed by atoms with E-state index in [9.17, 15) is 27.6 Å².